The molecule has 0 spiro atoms. The van der Waals surface area contributed by atoms with E-state index in [4.69, 9.17) is 20.3 Å². The van der Waals surface area contributed by atoms with Gasteiger partial charge in [-0.2, -0.15) is 0 Å². The summed E-state index contributed by atoms with van der Waals surface area (Å²) in [7, 11) is 3.17. The van der Waals surface area contributed by atoms with Gasteiger partial charge < -0.3 is 20.3 Å². The van der Waals surface area contributed by atoms with Crippen LogP contribution in [0.15, 0.2) is 36.4 Å². The van der Waals surface area contributed by atoms with Crippen LogP contribution in [0.2, 0.25) is 0 Å². The van der Waals surface area contributed by atoms with E-state index in [1.54, 1.807) is 44.6 Å². The lowest BCUT2D eigenvalue weighted by Crippen LogP contribution is -2.01. The summed E-state index contributed by atoms with van der Waals surface area (Å²) in [6.07, 6.45) is -0.0558. The van der Waals surface area contributed by atoms with Crippen molar-refractivity contribution in [2.75, 3.05) is 20.0 Å². The maximum absolute atomic E-state index is 10.7. The molecule has 5 nitrogen and oxygen atoms in total. The monoisotopic (exact) mass is 287 g/mol. The molecule has 0 saturated carbocycles. The molecule has 2 aromatic rings. The second-order valence-corrected chi connectivity index (χ2v) is 4.56. The van der Waals surface area contributed by atoms with Gasteiger partial charge in [-0.3, -0.25) is 4.79 Å². The fourth-order valence-electron chi connectivity index (χ4n) is 2.17. The van der Waals surface area contributed by atoms with E-state index < -0.39 is 5.97 Å². The number of methoxy groups -OCH3 is 2. The highest BCUT2D eigenvalue weighted by molar-refractivity contribution is 5.82. The van der Waals surface area contributed by atoms with Crippen LogP contribution in [0.5, 0.6) is 11.5 Å². The molecule has 0 fully saturated rings. The Hall–Kier alpha value is -2.69. The Kier molecular flexibility index (Phi) is 4.33. The van der Waals surface area contributed by atoms with Crippen LogP contribution in [-0.2, 0) is 11.2 Å². The Morgan fingerprint density at radius 3 is 2.43 bits per heavy atom. The summed E-state index contributed by atoms with van der Waals surface area (Å²) >= 11 is 0. The third kappa shape index (κ3) is 3.25. The number of benzene rings is 2. The number of carbonyl (C=O) groups is 1. The number of anilines is 1. The zero-order chi connectivity index (χ0) is 15.4. The van der Waals surface area contributed by atoms with Crippen LogP contribution in [0, 0.1) is 0 Å². The van der Waals surface area contributed by atoms with Crippen LogP contribution >= 0.6 is 0 Å². The first-order chi connectivity index (χ1) is 10.0. The highest BCUT2D eigenvalue weighted by Gasteiger charge is 2.12. The smallest absolute Gasteiger partial charge is 0.307 e. The Morgan fingerprint density at radius 1 is 1.10 bits per heavy atom. The zero-order valence-electron chi connectivity index (χ0n) is 11.9. The SMILES string of the molecule is COc1ccc(OC)c(-c2ccc(CC(=O)O)cc2N)c1. The largest absolute Gasteiger partial charge is 0.497 e. The molecule has 0 aliphatic rings. The molecule has 0 amide bonds. The molecule has 0 aliphatic heterocycles. The number of carboxylic acids is 1. The van der Waals surface area contributed by atoms with Crippen molar-refractivity contribution in [3.05, 3.63) is 42.0 Å². The lowest BCUT2D eigenvalue weighted by atomic mass is 9.99. The molecule has 0 bridgehead atoms. The van der Waals surface area contributed by atoms with E-state index in [-0.39, 0.29) is 6.42 Å². The van der Waals surface area contributed by atoms with E-state index in [0.717, 1.165) is 11.1 Å². The number of rotatable bonds is 5. The van der Waals surface area contributed by atoms with Crippen LogP contribution in [0.1, 0.15) is 5.56 Å². The summed E-state index contributed by atoms with van der Waals surface area (Å²) in [4.78, 5) is 10.7. The number of hydrogen-bond acceptors (Lipinski definition) is 4. The highest BCUT2D eigenvalue weighted by Crippen LogP contribution is 2.36. The number of carboxylic acid groups (broad SMARTS) is 1. The second kappa shape index (κ2) is 6.17. The van der Waals surface area contributed by atoms with Crippen molar-refractivity contribution in [1.82, 2.24) is 0 Å². The van der Waals surface area contributed by atoms with Crippen LogP contribution in [-0.4, -0.2) is 25.3 Å². The predicted molar refractivity (Wildman–Crippen MR) is 80.7 cm³/mol. The average Bonchev–Trinajstić information content (AvgIpc) is 2.46. The molecule has 5 heteroatoms. The number of nitrogens with two attached hydrogens (primary N) is 1. The lowest BCUT2D eigenvalue weighted by molar-refractivity contribution is -0.136. The first-order valence-electron chi connectivity index (χ1n) is 6.37. The Balaban J connectivity index is 2.48. The second-order valence-electron chi connectivity index (χ2n) is 4.56. The van der Waals surface area contributed by atoms with E-state index >= 15 is 0 Å². The summed E-state index contributed by atoms with van der Waals surface area (Å²) in [6.45, 7) is 0. The molecular formula is C16H17NO4. The van der Waals surface area contributed by atoms with Crippen molar-refractivity contribution >= 4 is 11.7 Å². The predicted octanol–water partition coefficient (Wildman–Crippen LogP) is 2.58. The zero-order valence-corrected chi connectivity index (χ0v) is 11.9. The van der Waals surface area contributed by atoms with Crippen molar-refractivity contribution in [2.24, 2.45) is 0 Å². The number of ether oxygens (including phenoxy) is 2. The van der Waals surface area contributed by atoms with Crippen molar-refractivity contribution in [1.29, 1.82) is 0 Å². The van der Waals surface area contributed by atoms with E-state index in [1.807, 2.05) is 6.07 Å². The standard InChI is InChI=1S/C16H17NO4/c1-20-11-4-6-15(21-2)13(9-11)12-5-3-10(7-14(12)17)8-16(18)19/h3-7,9H,8,17H2,1-2H3,(H,18,19). The molecule has 110 valence electrons. The Bertz CT molecular complexity index is 667. The summed E-state index contributed by atoms with van der Waals surface area (Å²) < 4.78 is 10.6. The van der Waals surface area contributed by atoms with Gasteiger partial charge in [-0.1, -0.05) is 12.1 Å². The summed E-state index contributed by atoms with van der Waals surface area (Å²) in [6, 6.07) is 10.7. The van der Waals surface area contributed by atoms with E-state index in [0.29, 0.717) is 22.7 Å². The summed E-state index contributed by atoms with van der Waals surface area (Å²) in [5.41, 5.74) is 8.79. The molecule has 3 N–H and O–H groups in total. The number of nitrogen functional groups attached to an aromatic ring is 1. The van der Waals surface area contributed by atoms with Gasteiger partial charge in [-0.15, -0.1) is 0 Å². The molecule has 0 saturated heterocycles. The van der Waals surface area contributed by atoms with Crippen molar-refractivity contribution in [3.8, 4) is 22.6 Å². The molecule has 21 heavy (non-hydrogen) atoms. The minimum Gasteiger partial charge on any atom is -0.497 e. The van der Waals surface area contributed by atoms with E-state index in [9.17, 15) is 4.79 Å². The molecule has 0 radical (unpaired) electrons. The fourth-order valence-corrected chi connectivity index (χ4v) is 2.17. The normalized spacial score (nSPS) is 10.2. The molecule has 2 aromatic carbocycles. The molecule has 0 atom stereocenters. The van der Waals surface area contributed by atoms with Gasteiger partial charge in [0.25, 0.3) is 0 Å². The topological polar surface area (TPSA) is 81.8 Å². The van der Waals surface area contributed by atoms with Crippen LogP contribution in [0.3, 0.4) is 0 Å². The van der Waals surface area contributed by atoms with Gasteiger partial charge in [0.15, 0.2) is 0 Å². The van der Waals surface area contributed by atoms with Gasteiger partial charge in [0.2, 0.25) is 0 Å². The molecule has 0 aliphatic carbocycles. The summed E-state index contributed by atoms with van der Waals surface area (Å²) in [5.74, 6) is 0.481. The van der Waals surface area contributed by atoms with Gasteiger partial charge in [0.1, 0.15) is 11.5 Å². The quantitative estimate of drug-likeness (QED) is 0.826. The third-order valence-electron chi connectivity index (χ3n) is 3.17. The third-order valence-corrected chi connectivity index (χ3v) is 3.17. The molecule has 0 aromatic heterocycles. The molecule has 0 heterocycles. The number of aliphatic carboxylic acids is 1. The minimum atomic E-state index is -0.888. The average molecular weight is 287 g/mol. The van der Waals surface area contributed by atoms with Gasteiger partial charge in [-0.25, -0.2) is 0 Å². The Morgan fingerprint density at radius 2 is 1.86 bits per heavy atom. The van der Waals surface area contributed by atoms with Gasteiger partial charge in [0.05, 0.1) is 20.6 Å². The van der Waals surface area contributed by atoms with Gasteiger partial charge in [-0.05, 0) is 29.8 Å². The van der Waals surface area contributed by atoms with Crippen molar-refractivity contribution < 1.29 is 19.4 Å². The van der Waals surface area contributed by atoms with E-state index in [2.05, 4.69) is 0 Å². The van der Waals surface area contributed by atoms with Gasteiger partial charge in [0, 0.05) is 16.8 Å². The van der Waals surface area contributed by atoms with Crippen molar-refractivity contribution in [2.45, 2.75) is 6.42 Å². The molecular weight excluding hydrogens is 270 g/mol. The first-order valence-corrected chi connectivity index (χ1v) is 6.37. The molecule has 2 rings (SSSR count). The first kappa shape index (κ1) is 14.7. The maximum Gasteiger partial charge on any atom is 0.307 e. The fraction of sp³-hybridized carbons (Fsp3) is 0.188. The van der Waals surface area contributed by atoms with Crippen LogP contribution < -0.4 is 15.2 Å². The summed E-state index contributed by atoms with van der Waals surface area (Å²) in [5, 5.41) is 8.82. The van der Waals surface area contributed by atoms with Crippen molar-refractivity contribution in [3.63, 3.8) is 0 Å². The van der Waals surface area contributed by atoms with Crippen LogP contribution in [0.25, 0.3) is 11.1 Å². The van der Waals surface area contributed by atoms with Gasteiger partial charge >= 0.3 is 5.97 Å². The molecule has 0 unspecified atom stereocenters. The number of hydrogen-bond donors (Lipinski definition) is 2. The van der Waals surface area contributed by atoms with Crippen LogP contribution in [0.4, 0.5) is 5.69 Å². The maximum atomic E-state index is 10.7. The Labute approximate surface area is 122 Å². The van der Waals surface area contributed by atoms with E-state index in [1.165, 1.54) is 0 Å². The highest BCUT2D eigenvalue weighted by atomic mass is 16.5. The minimum absolute atomic E-state index is 0.0558. The lowest BCUT2D eigenvalue weighted by Gasteiger charge is -2.13.